The third kappa shape index (κ3) is 3.79. The lowest BCUT2D eigenvalue weighted by atomic mass is 10.0. The Morgan fingerprint density at radius 2 is 1.48 bits per heavy atom. The maximum Gasteiger partial charge on any atom is 0.196 e. The molecule has 0 saturated heterocycles. The lowest BCUT2D eigenvalue weighted by Gasteiger charge is -2.09. The Hall–Kier alpha value is -2.41. The fraction of sp³-hybridized carbons (Fsp3) is 0.158. The van der Waals surface area contributed by atoms with Crippen molar-refractivity contribution in [2.24, 2.45) is 0 Å². The maximum atomic E-state index is 12.2. The van der Waals surface area contributed by atoms with Crippen LogP contribution in [-0.4, -0.2) is 10.9 Å². The Labute approximate surface area is 125 Å². The molecule has 0 radical (unpaired) electrons. The topological polar surface area (TPSA) is 37.3 Å². The second kappa shape index (κ2) is 6.85. The van der Waals surface area contributed by atoms with Gasteiger partial charge in [-0.1, -0.05) is 60.7 Å². The van der Waals surface area contributed by atoms with Crippen molar-refractivity contribution in [3.05, 3.63) is 88.7 Å². The van der Waals surface area contributed by atoms with Crippen molar-refractivity contribution in [1.82, 2.24) is 0 Å². The highest BCUT2D eigenvalue weighted by molar-refractivity contribution is 6.08. The fourth-order valence-electron chi connectivity index (χ4n) is 2.11. The molecule has 1 atom stereocenters. The zero-order valence-electron chi connectivity index (χ0n) is 12.2. The van der Waals surface area contributed by atoms with Gasteiger partial charge in [0.25, 0.3) is 0 Å². The van der Waals surface area contributed by atoms with Gasteiger partial charge in [-0.25, -0.2) is 0 Å². The van der Waals surface area contributed by atoms with E-state index in [1.54, 1.807) is 26.0 Å². The Morgan fingerprint density at radius 1 is 0.952 bits per heavy atom. The third-order valence-electron chi connectivity index (χ3n) is 3.29. The summed E-state index contributed by atoms with van der Waals surface area (Å²) in [6.07, 6.45) is -0.746. The molecule has 0 heterocycles. The smallest absolute Gasteiger partial charge is 0.196 e. The van der Waals surface area contributed by atoms with E-state index in [0.29, 0.717) is 16.7 Å². The van der Waals surface area contributed by atoms with Crippen LogP contribution in [0.1, 0.15) is 35.9 Å². The molecule has 106 valence electrons. The van der Waals surface area contributed by atoms with Gasteiger partial charge in [0.1, 0.15) is 6.10 Å². The average Bonchev–Trinajstić information content (AvgIpc) is 2.55. The number of hydrogen-bond acceptors (Lipinski definition) is 2. The van der Waals surface area contributed by atoms with Gasteiger partial charge in [-0.2, -0.15) is 0 Å². The van der Waals surface area contributed by atoms with Crippen molar-refractivity contribution >= 4 is 5.78 Å². The summed E-state index contributed by atoms with van der Waals surface area (Å²) in [6, 6.07) is 18.4. The Balaban J connectivity index is 2.29. The summed E-state index contributed by atoms with van der Waals surface area (Å²) in [7, 11) is 0. The number of aliphatic hydroxyl groups excluding tert-OH is 1. The van der Waals surface area contributed by atoms with Gasteiger partial charge in [0.05, 0.1) is 0 Å². The van der Waals surface area contributed by atoms with Crippen LogP contribution in [0, 0.1) is 0 Å². The zero-order chi connectivity index (χ0) is 15.2. The van der Waals surface area contributed by atoms with E-state index in [1.807, 2.05) is 48.5 Å². The van der Waals surface area contributed by atoms with Crippen molar-refractivity contribution < 1.29 is 9.90 Å². The average molecular weight is 278 g/mol. The molecule has 0 saturated carbocycles. The highest BCUT2D eigenvalue weighted by Gasteiger charge is 2.11. The molecule has 2 aromatic rings. The number of Topliss-reactive ketones (excluding diaryl/α,β-unsaturated/α-hetero) is 1. The SMILES string of the molecule is CC(=C=C(C)C(O)c1ccccc1)C(=O)c1ccccc1. The van der Waals surface area contributed by atoms with Crippen LogP contribution in [0.4, 0.5) is 0 Å². The number of benzene rings is 2. The highest BCUT2D eigenvalue weighted by atomic mass is 16.3. The van der Waals surface area contributed by atoms with Crippen LogP contribution in [0.3, 0.4) is 0 Å². The van der Waals surface area contributed by atoms with Crippen molar-refractivity contribution in [2.45, 2.75) is 20.0 Å². The lowest BCUT2D eigenvalue weighted by Crippen LogP contribution is -2.01. The lowest BCUT2D eigenvalue weighted by molar-refractivity contribution is 0.103. The van der Waals surface area contributed by atoms with E-state index >= 15 is 0 Å². The summed E-state index contributed by atoms with van der Waals surface area (Å²) in [5, 5.41) is 10.3. The van der Waals surface area contributed by atoms with E-state index < -0.39 is 6.10 Å². The molecule has 0 aliphatic heterocycles. The predicted molar refractivity (Wildman–Crippen MR) is 84.1 cm³/mol. The fourth-order valence-corrected chi connectivity index (χ4v) is 2.11. The van der Waals surface area contributed by atoms with Crippen LogP contribution in [0.15, 0.2) is 77.5 Å². The van der Waals surface area contributed by atoms with Crippen LogP contribution in [-0.2, 0) is 0 Å². The first-order valence-corrected chi connectivity index (χ1v) is 6.86. The number of carbonyl (C=O) groups excluding carboxylic acids is 1. The molecular formula is C19H18O2. The second-order valence-corrected chi connectivity index (χ2v) is 4.94. The van der Waals surface area contributed by atoms with Gasteiger partial charge < -0.3 is 5.11 Å². The van der Waals surface area contributed by atoms with Gasteiger partial charge in [0.15, 0.2) is 5.78 Å². The summed E-state index contributed by atoms with van der Waals surface area (Å²) in [6.45, 7) is 3.50. The van der Waals surface area contributed by atoms with Crippen LogP contribution >= 0.6 is 0 Å². The van der Waals surface area contributed by atoms with Crippen molar-refractivity contribution in [1.29, 1.82) is 0 Å². The molecule has 0 aliphatic rings. The predicted octanol–water partition coefficient (Wildman–Crippen LogP) is 4.09. The molecule has 0 spiro atoms. The molecule has 2 nitrogen and oxygen atoms in total. The monoisotopic (exact) mass is 278 g/mol. The van der Waals surface area contributed by atoms with Crippen molar-refractivity contribution in [3.8, 4) is 0 Å². The first-order valence-electron chi connectivity index (χ1n) is 6.86. The van der Waals surface area contributed by atoms with Crippen LogP contribution in [0.2, 0.25) is 0 Å². The number of rotatable bonds is 4. The Kier molecular flexibility index (Phi) is 4.89. The van der Waals surface area contributed by atoms with Gasteiger partial charge in [0, 0.05) is 16.7 Å². The Bertz CT molecular complexity index is 678. The summed E-state index contributed by atoms with van der Waals surface area (Å²) >= 11 is 0. The summed E-state index contributed by atoms with van der Waals surface area (Å²) < 4.78 is 0. The van der Waals surface area contributed by atoms with E-state index in [2.05, 4.69) is 5.73 Å². The summed E-state index contributed by atoms with van der Waals surface area (Å²) in [5.74, 6) is -0.0739. The minimum absolute atomic E-state index is 0.0739. The van der Waals surface area contributed by atoms with Gasteiger partial charge in [0.2, 0.25) is 0 Å². The minimum Gasteiger partial charge on any atom is -0.383 e. The zero-order valence-corrected chi connectivity index (χ0v) is 12.2. The maximum absolute atomic E-state index is 12.2. The molecule has 21 heavy (non-hydrogen) atoms. The third-order valence-corrected chi connectivity index (χ3v) is 3.29. The van der Waals surface area contributed by atoms with Gasteiger partial charge in [-0.05, 0) is 19.4 Å². The number of hydrogen-bond donors (Lipinski definition) is 1. The van der Waals surface area contributed by atoms with Crippen LogP contribution in [0.25, 0.3) is 0 Å². The molecule has 0 fully saturated rings. The molecule has 0 aromatic heterocycles. The Morgan fingerprint density at radius 3 is 2.05 bits per heavy atom. The molecule has 0 aliphatic carbocycles. The number of aliphatic hydroxyl groups is 1. The van der Waals surface area contributed by atoms with Crippen molar-refractivity contribution in [2.75, 3.05) is 0 Å². The molecule has 2 aromatic carbocycles. The van der Waals surface area contributed by atoms with E-state index in [1.165, 1.54) is 0 Å². The van der Waals surface area contributed by atoms with E-state index in [4.69, 9.17) is 0 Å². The largest absolute Gasteiger partial charge is 0.383 e. The first-order chi connectivity index (χ1) is 10.1. The van der Waals surface area contributed by atoms with E-state index in [-0.39, 0.29) is 5.78 Å². The van der Waals surface area contributed by atoms with Crippen molar-refractivity contribution in [3.63, 3.8) is 0 Å². The molecule has 1 unspecified atom stereocenters. The van der Waals surface area contributed by atoms with E-state index in [0.717, 1.165) is 5.56 Å². The first kappa shape index (κ1) is 15.0. The molecule has 0 amide bonds. The standard InChI is InChI=1S/C19H18O2/c1-14(18(20)16-9-5-3-6-10-16)13-15(2)19(21)17-11-7-4-8-12-17/h3-12,18,20H,1-2H3. The molecular weight excluding hydrogens is 260 g/mol. The molecule has 2 rings (SSSR count). The van der Waals surface area contributed by atoms with Crippen LogP contribution < -0.4 is 0 Å². The number of ketones is 1. The minimum atomic E-state index is -0.746. The van der Waals surface area contributed by atoms with Gasteiger partial charge in [-0.15, -0.1) is 5.73 Å². The normalized spacial score (nSPS) is 11.4. The number of carbonyl (C=O) groups is 1. The summed E-state index contributed by atoms with van der Waals surface area (Å²) in [4.78, 5) is 12.2. The quantitative estimate of drug-likeness (QED) is 0.519. The molecule has 0 bridgehead atoms. The van der Waals surface area contributed by atoms with Crippen LogP contribution in [0.5, 0.6) is 0 Å². The van der Waals surface area contributed by atoms with Gasteiger partial charge >= 0.3 is 0 Å². The summed E-state index contributed by atoms with van der Waals surface area (Å²) in [5.41, 5.74) is 5.56. The van der Waals surface area contributed by atoms with Gasteiger partial charge in [-0.3, -0.25) is 4.79 Å². The van der Waals surface area contributed by atoms with E-state index in [9.17, 15) is 9.90 Å². The molecule has 2 heteroatoms. The molecule has 1 N–H and O–H groups in total. The second-order valence-electron chi connectivity index (χ2n) is 4.94. The highest BCUT2D eigenvalue weighted by Crippen LogP contribution is 2.20.